The van der Waals surface area contributed by atoms with Crippen LogP contribution in [0.25, 0.3) is 22.2 Å². The lowest BCUT2D eigenvalue weighted by atomic mass is 10.1. The Bertz CT molecular complexity index is 1230. The van der Waals surface area contributed by atoms with Crippen molar-refractivity contribution in [2.75, 3.05) is 5.32 Å². The van der Waals surface area contributed by atoms with Crippen molar-refractivity contribution in [3.63, 3.8) is 0 Å². The summed E-state index contributed by atoms with van der Waals surface area (Å²) in [4.78, 5) is 4.06. The molecule has 27 heavy (non-hydrogen) atoms. The molecular weight excluding hydrogens is 451 g/mol. The van der Waals surface area contributed by atoms with E-state index >= 15 is 0 Å². The maximum Gasteiger partial charge on any atom is 0.101 e. The Labute approximate surface area is 169 Å². The van der Waals surface area contributed by atoms with E-state index in [0.29, 0.717) is 16.8 Å². The largest absolute Gasteiger partial charge is 0.354 e. The highest BCUT2D eigenvalue weighted by atomic mass is 127. The first kappa shape index (κ1) is 17.0. The van der Waals surface area contributed by atoms with Crippen molar-refractivity contribution < 1.29 is 0 Å². The maximum absolute atomic E-state index is 9.36. The zero-order valence-corrected chi connectivity index (χ0v) is 16.0. The Morgan fingerprint density at radius 2 is 1.78 bits per heavy atom. The summed E-state index contributed by atoms with van der Waals surface area (Å²) in [7, 11) is 0. The van der Waals surface area contributed by atoms with Gasteiger partial charge in [-0.2, -0.15) is 15.6 Å². The highest BCUT2D eigenvalue weighted by molar-refractivity contribution is 14.1. The summed E-state index contributed by atoms with van der Waals surface area (Å²) >= 11 is 2.16. The predicted octanol–water partition coefficient (Wildman–Crippen LogP) is 4.78. The topological polar surface area (TPSA) is 90.3 Å². The highest BCUT2D eigenvalue weighted by Crippen LogP contribution is 2.32. The van der Waals surface area contributed by atoms with Gasteiger partial charge in [-0.1, -0.05) is 0 Å². The second-order valence-corrected chi connectivity index (χ2v) is 6.70. The van der Waals surface area contributed by atoms with Gasteiger partial charge in [-0.15, -0.1) is 0 Å². The fraction of sp³-hybridized carbons (Fsp3) is 0. The van der Waals surface area contributed by atoms with Crippen LogP contribution in [0.3, 0.4) is 0 Å². The predicted molar refractivity (Wildman–Crippen MR) is 112 cm³/mol. The second kappa shape index (κ2) is 7.06. The molecule has 0 aliphatic heterocycles. The van der Waals surface area contributed by atoms with Crippen LogP contribution in [0.5, 0.6) is 0 Å². The molecule has 0 saturated carbocycles. The molecule has 0 atom stereocenters. The minimum absolute atomic E-state index is 0.424. The summed E-state index contributed by atoms with van der Waals surface area (Å²) in [5.41, 5.74) is 5.22. The van der Waals surface area contributed by atoms with Gasteiger partial charge in [0.2, 0.25) is 0 Å². The first-order valence-electron chi connectivity index (χ1n) is 8.00. The van der Waals surface area contributed by atoms with E-state index in [4.69, 9.17) is 5.26 Å². The summed E-state index contributed by atoms with van der Waals surface area (Å²) < 4.78 is 1.81. The third-order valence-corrected chi connectivity index (χ3v) is 4.88. The Hall–Kier alpha value is -3.43. The van der Waals surface area contributed by atoms with Crippen LogP contribution in [0.1, 0.15) is 11.1 Å². The van der Waals surface area contributed by atoms with Gasteiger partial charge in [-0.25, -0.2) is 2.90 Å². The van der Waals surface area contributed by atoms with E-state index in [1.807, 2.05) is 39.3 Å². The lowest BCUT2D eigenvalue weighted by Gasteiger charge is -2.09. The number of pyridine rings is 1. The smallest absolute Gasteiger partial charge is 0.101 e. The number of aromatic nitrogens is 3. The molecule has 0 unspecified atom stereocenters. The average molecular weight is 462 g/mol. The van der Waals surface area contributed by atoms with E-state index in [2.05, 4.69) is 44.3 Å². The van der Waals surface area contributed by atoms with E-state index < -0.39 is 0 Å². The van der Waals surface area contributed by atoms with Gasteiger partial charge < -0.3 is 5.32 Å². The van der Waals surface area contributed by atoms with E-state index in [-0.39, 0.29) is 0 Å². The van der Waals surface area contributed by atoms with Crippen LogP contribution in [0.15, 0.2) is 60.9 Å². The number of halogens is 1. The number of hydrogen-bond acceptors (Lipinski definition) is 5. The number of nitriles is 2. The SMILES string of the molecule is N#Cc1ccc(Nc2ccc3c(c2)c(-c2ccncc2)nn3I)c(C#N)c1. The van der Waals surface area contributed by atoms with Gasteiger partial charge in [0, 0.05) is 29.0 Å². The lowest BCUT2D eigenvalue weighted by Crippen LogP contribution is -1.94. The van der Waals surface area contributed by atoms with Gasteiger partial charge in [-0.3, -0.25) is 4.98 Å². The summed E-state index contributed by atoms with van der Waals surface area (Å²) in [6.45, 7) is 0. The molecule has 0 fully saturated rings. The lowest BCUT2D eigenvalue weighted by molar-refractivity contribution is 1.09. The minimum atomic E-state index is 0.424. The Kier molecular flexibility index (Phi) is 4.45. The zero-order chi connectivity index (χ0) is 18.8. The Morgan fingerprint density at radius 3 is 2.52 bits per heavy atom. The molecule has 2 aromatic heterocycles. The highest BCUT2D eigenvalue weighted by Gasteiger charge is 2.13. The summed E-state index contributed by atoms with van der Waals surface area (Å²) in [6.07, 6.45) is 3.48. The molecule has 6 nitrogen and oxygen atoms in total. The molecule has 4 rings (SSSR count). The van der Waals surface area contributed by atoms with Gasteiger partial charge >= 0.3 is 0 Å². The van der Waals surface area contributed by atoms with E-state index in [9.17, 15) is 5.26 Å². The fourth-order valence-electron chi connectivity index (χ4n) is 2.85. The van der Waals surface area contributed by atoms with Gasteiger partial charge in [0.1, 0.15) is 11.8 Å². The quantitative estimate of drug-likeness (QED) is 0.443. The van der Waals surface area contributed by atoms with Crippen LogP contribution in [0.4, 0.5) is 11.4 Å². The fourth-order valence-corrected chi connectivity index (χ4v) is 3.49. The van der Waals surface area contributed by atoms with Crippen LogP contribution >= 0.6 is 22.9 Å². The molecule has 4 aromatic rings. The molecule has 1 N–H and O–H groups in total. The normalized spacial score (nSPS) is 10.3. The van der Waals surface area contributed by atoms with Gasteiger partial charge in [0.15, 0.2) is 0 Å². The van der Waals surface area contributed by atoms with Crippen LogP contribution in [-0.4, -0.2) is 13.0 Å². The number of rotatable bonds is 3. The number of benzene rings is 2. The molecule has 2 heterocycles. The maximum atomic E-state index is 9.36. The third kappa shape index (κ3) is 3.21. The van der Waals surface area contributed by atoms with Crippen molar-refractivity contribution in [3.05, 3.63) is 72.1 Å². The molecule has 0 aliphatic carbocycles. The number of hydrogen-bond donors (Lipinski definition) is 1. The number of anilines is 2. The molecule has 0 spiro atoms. The summed E-state index contributed by atoms with van der Waals surface area (Å²) in [5.74, 6) is 0. The number of nitrogens with zero attached hydrogens (tertiary/aromatic N) is 5. The van der Waals surface area contributed by atoms with Crippen molar-refractivity contribution in [2.24, 2.45) is 0 Å². The van der Waals surface area contributed by atoms with Crippen LogP contribution in [0.2, 0.25) is 0 Å². The van der Waals surface area contributed by atoms with E-state index in [1.54, 1.807) is 30.6 Å². The zero-order valence-electron chi connectivity index (χ0n) is 13.9. The standard InChI is InChI=1S/C20H11IN6/c21-27-19-4-2-16(25-18-3-1-13(11-22)9-15(18)12-23)10-17(19)20(26-27)14-5-7-24-8-6-14/h1-10,25H. The number of nitrogens with one attached hydrogen (secondary N) is 1. The van der Waals surface area contributed by atoms with Crippen molar-refractivity contribution >= 4 is 45.1 Å². The molecule has 128 valence electrons. The van der Waals surface area contributed by atoms with Crippen molar-refractivity contribution in [3.8, 4) is 23.4 Å². The Balaban J connectivity index is 1.79. The molecule has 0 aliphatic rings. The van der Waals surface area contributed by atoms with Crippen molar-refractivity contribution in [1.82, 2.24) is 13.0 Å². The first-order valence-corrected chi connectivity index (χ1v) is 8.96. The van der Waals surface area contributed by atoms with Gasteiger partial charge in [-0.05, 0) is 48.5 Å². The van der Waals surface area contributed by atoms with Crippen LogP contribution in [0, 0.1) is 22.7 Å². The molecule has 0 amide bonds. The molecule has 0 bridgehead atoms. The van der Waals surface area contributed by atoms with E-state index in [1.165, 1.54) is 0 Å². The minimum Gasteiger partial charge on any atom is -0.354 e. The first-order chi connectivity index (χ1) is 13.2. The Morgan fingerprint density at radius 1 is 0.963 bits per heavy atom. The number of fused-ring (bicyclic) bond motifs is 1. The molecule has 0 saturated heterocycles. The van der Waals surface area contributed by atoms with Gasteiger partial charge in [0.25, 0.3) is 0 Å². The molecular formula is C20H11IN6. The van der Waals surface area contributed by atoms with Gasteiger partial charge in [0.05, 0.1) is 51.3 Å². The summed E-state index contributed by atoms with van der Waals surface area (Å²) in [5, 5.41) is 27.3. The van der Waals surface area contributed by atoms with E-state index in [0.717, 1.165) is 27.8 Å². The molecule has 2 aromatic carbocycles. The van der Waals surface area contributed by atoms with Crippen molar-refractivity contribution in [2.45, 2.75) is 0 Å². The summed E-state index contributed by atoms with van der Waals surface area (Å²) in [6, 6.07) is 19.0. The third-order valence-electron chi connectivity index (χ3n) is 4.14. The monoisotopic (exact) mass is 462 g/mol. The van der Waals surface area contributed by atoms with Crippen LogP contribution < -0.4 is 5.32 Å². The second-order valence-electron chi connectivity index (χ2n) is 5.79. The molecule has 0 radical (unpaired) electrons. The average Bonchev–Trinajstić information content (AvgIpc) is 3.05. The molecule has 7 heteroatoms. The van der Waals surface area contributed by atoms with Crippen molar-refractivity contribution in [1.29, 1.82) is 10.5 Å². The van der Waals surface area contributed by atoms with Crippen LogP contribution in [-0.2, 0) is 0 Å².